The Labute approximate surface area is 277 Å². The Hall–Kier alpha value is -3.85. The third-order valence-electron chi connectivity index (χ3n) is 6.94. The second kappa shape index (κ2) is 13.8. The molecule has 3 heterocycles. The van der Waals surface area contributed by atoms with E-state index in [-0.39, 0.29) is 36.2 Å². The van der Waals surface area contributed by atoms with Crippen molar-refractivity contribution in [2.24, 2.45) is 7.05 Å². The zero-order chi connectivity index (χ0) is 30.7. The molecule has 3 aromatic rings. The molecule has 2 N–H and O–H groups in total. The number of β-lactam (4-membered cyclic amide) rings is 1. The van der Waals surface area contributed by atoms with E-state index in [0.717, 1.165) is 11.1 Å². The van der Waals surface area contributed by atoms with E-state index >= 15 is 0 Å². The number of amides is 3. The van der Waals surface area contributed by atoms with Gasteiger partial charge in [-0.1, -0.05) is 60.7 Å². The minimum absolute atomic E-state index is 0. The first-order valence-corrected chi connectivity index (χ1v) is 14.8. The van der Waals surface area contributed by atoms with Crippen molar-refractivity contribution < 1.29 is 57.3 Å². The lowest BCUT2D eigenvalue weighted by Crippen LogP contribution is -3.00. The highest BCUT2D eigenvalue weighted by molar-refractivity contribution is 8.00. The number of anilines is 1. The van der Waals surface area contributed by atoms with Crippen molar-refractivity contribution in [3.05, 3.63) is 95.5 Å². The Morgan fingerprint density at radius 3 is 2.27 bits per heavy atom. The molecule has 0 aliphatic carbocycles. The molecule has 3 amide bonds. The summed E-state index contributed by atoms with van der Waals surface area (Å²) >= 11 is 1.44. The molecule has 44 heavy (non-hydrogen) atoms. The lowest BCUT2D eigenvalue weighted by atomic mass is 10.0. The van der Waals surface area contributed by atoms with Crippen LogP contribution in [0.1, 0.15) is 38.0 Å². The fourth-order valence-corrected chi connectivity index (χ4v) is 6.37. The number of aryl methyl sites for hydroxylation is 1. The van der Waals surface area contributed by atoms with Crippen LogP contribution in [0.15, 0.2) is 84.3 Å². The molecular formula is C31H34IN5O6S. The summed E-state index contributed by atoms with van der Waals surface area (Å²) in [7, 11) is 1.81. The maximum absolute atomic E-state index is 14.1. The van der Waals surface area contributed by atoms with Crippen LogP contribution in [0.5, 0.6) is 0 Å². The predicted octanol–water partition coefficient (Wildman–Crippen LogP) is 0.280. The molecule has 13 heteroatoms. The first kappa shape index (κ1) is 33.1. The third-order valence-corrected chi connectivity index (χ3v) is 8.28. The summed E-state index contributed by atoms with van der Waals surface area (Å²) in [5.41, 5.74) is 2.23. The number of halogens is 1. The van der Waals surface area contributed by atoms with Gasteiger partial charge in [-0.25, -0.2) is 9.59 Å². The molecule has 0 radical (unpaired) electrons. The summed E-state index contributed by atoms with van der Waals surface area (Å²) in [5.74, 6) is -0.673. The van der Waals surface area contributed by atoms with Crippen molar-refractivity contribution in [1.29, 1.82) is 0 Å². The lowest BCUT2D eigenvalue weighted by molar-refractivity contribution is -0.752. The van der Waals surface area contributed by atoms with Crippen LogP contribution in [-0.2, 0) is 37.4 Å². The standard InChI is InChI=1S/C31H33N5O6S.HI/c1-31(2,3)42-30(40)33-24-27(38)36-25(22(18-43-28(24)36)15-35-17-23(32-19-37)16-34(35)4)29(39)41-26(20-11-7-5-8-12-20)21-13-9-6-10-14-21;/h5-14,16-17,19,24,26,28H,15,18H2,1-4H3,(H-,32,33,37,40);1H/t24-,28-;/m1./s1. The molecule has 5 rings (SSSR count). The van der Waals surface area contributed by atoms with E-state index in [1.54, 1.807) is 37.8 Å². The maximum Gasteiger partial charge on any atom is 0.408 e. The predicted molar refractivity (Wildman–Crippen MR) is 159 cm³/mol. The number of nitrogens with zero attached hydrogens (tertiary/aromatic N) is 3. The Kier molecular flexibility index (Phi) is 10.4. The molecule has 2 aliphatic heterocycles. The van der Waals surface area contributed by atoms with Crippen molar-refractivity contribution in [3.63, 3.8) is 0 Å². The number of benzene rings is 2. The average Bonchev–Trinajstić information content (AvgIpc) is 3.32. The number of nitrogens with one attached hydrogen (secondary N) is 2. The number of hydrogen-bond acceptors (Lipinski definition) is 7. The van der Waals surface area contributed by atoms with Crippen molar-refractivity contribution in [2.75, 3.05) is 11.1 Å². The van der Waals surface area contributed by atoms with Gasteiger partial charge in [0.1, 0.15) is 34.9 Å². The zero-order valence-electron chi connectivity index (χ0n) is 24.7. The Bertz CT molecular complexity index is 1520. The van der Waals surface area contributed by atoms with Gasteiger partial charge < -0.3 is 44.1 Å². The number of hydrogen-bond donors (Lipinski definition) is 2. The minimum atomic E-state index is -0.852. The van der Waals surface area contributed by atoms with E-state index in [9.17, 15) is 19.2 Å². The summed E-state index contributed by atoms with van der Waals surface area (Å²) < 4.78 is 15.2. The molecule has 0 unspecified atom stereocenters. The number of rotatable bonds is 9. The lowest BCUT2D eigenvalue weighted by Gasteiger charge is -2.49. The number of alkyl carbamates (subject to hydrolysis) is 1. The van der Waals surface area contributed by atoms with Gasteiger partial charge in [-0.2, -0.15) is 4.68 Å². The largest absolute Gasteiger partial charge is 1.00 e. The monoisotopic (exact) mass is 731 g/mol. The number of esters is 1. The highest BCUT2D eigenvalue weighted by Gasteiger charge is 2.55. The number of aromatic nitrogens is 2. The Morgan fingerprint density at radius 2 is 1.70 bits per heavy atom. The summed E-state index contributed by atoms with van der Waals surface area (Å²) in [4.78, 5) is 52.6. The molecule has 2 atom stereocenters. The minimum Gasteiger partial charge on any atom is -1.00 e. The average molecular weight is 732 g/mol. The van der Waals surface area contributed by atoms with Gasteiger partial charge in [0.2, 0.25) is 12.6 Å². The smallest absolute Gasteiger partial charge is 0.408 e. The summed E-state index contributed by atoms with van der Waals surface area (Å²) in [6.07, 6.45) is 2.65. The van der Waals surface area contributed by atoms with Crippen LogP contribution in [0, 0.1) is 0 Å². The molecule has 0 bridgehead atoms. The Morgan fingerprint density at radius 1 is 1.09 bits per heavy atom. The topological polar surface area (TPSA) is 123 Å². The first-order valence-electron chi connectivity index (χ1n) is 13.8. The SMILES string of the molecule is C[n+]1cc(NC=O)cn1CC1=C(C(=O)OC(c2ccccc2)c2ccccc2)N2C(=O)[C@@H](NC(=O)OC(C)(C)C)[C@H]2SC1.[I-]. The molecule has 0 saturated carbocycles. The number of carbonyl (C=O) groups is 4. The molecule has 11 nitrogen and oxygen atoms in total. The quantitative estimate of drug-likeness (QED) is 0.107. The van der Waals surface area contributed by atoms with Crippen LogP contribution in [-0.4, -0.2) is 56.7 Å². The molecule has 1 fully saturated rings. The van der Waals surface area contributed by atoms with Gasteiger partial charge in [0.25, 0.3) is 5.91 Å². The van der Waals surface area contributed by atoms with E-state index in [1.807, 2.05) is 72.4 Å². The second-order valence-corrected chi connectivity index (χ2v) is 12.3. The van der Waals surface area contributed by atoms with E-state index in [2.05, 4.69) is 10.6 Å². The van der Waals surface area contributed by atoms with Crippen LogP contribution in [0.2, 0.25) is 0 Å². The van der Waals surface area contributed by atoms with Gasteiger partial charge in [-0.15, -0.1) is 16.4 Å². The molecule has 232 valence electrons. The van der Waals surface area contributed by atoms with Gasteiger partial charge in [-0.3, -0.25) is 14.5 Å². The van der Waals surface area contributed by atoms with Crippen LogP contribution >= 0.6 is 11.8 Å². The van der Waals surface area contributed by atoms with Crippen LogP contribution < -0.4 is 39.3 Å². The van der Waals surface area contributed by atoms with E-state index in [4.69, 9.17) is 9.47 Å². The van der Waals surface area contributed by atoms with Gasteiger partial charge >= 0.3 is 12.1 Å². The normalized spacial score (nSPS) is 17.7. The van der Waals surface area contributed by atoms with Gasteiger partial charge in [0.05, 0.1) is 6.20 Å². The summed E-state index contributed by atoms with van der Waals surface area (Å²) in [6.45, 7) is 5.49. The van der Waals surface area contributed by atoms with Crippen molar-refractivity contribution in [2.45, 2.75) is 50.4 Å². The van der Waals surface area contributed by atoms with E-state index in [1.165, 1.54) is 16.7 Å². The molecule has 1 saturated heterocycles. The van der Waals surface area contributed by atoms with Crippen LogP contribution in [0.4, 0.5) is 10.5 Å². The van der Waals surface area contributed by atoms with E-state index in [0.29, 0.717) is 23.4 Å². The fraction of sp³-hybridized carbons (Fsp3) is 0.323. The fourth-order valence-electron chi connectivity index (χ4n) is 5.03. The summed E-state index contributed by atoms with van der Waals surface area (Å²) in [6, 6.07) is 18.0. The number of ether oxygens (including phenoxy) is 2. The third kappa shape index (κ3) is 7.26. The molecule has 1 aromatic heterocycles. The first-order chi connectivity index (χ1) is 20.6. The van der Waals surface area contributed by atoms with Crippen LogP contribution in [0.3, 0.4) is 0 Å². The number of carbonyl (C=O) groups excluding carboxylic acids is 4. The molecular weight excluding hydrogens is 697 g/mol. The number of thioether (sulfide) groups is 1. The highest BCUT2D eigenvalue weighted by Crippen LogP contribution is 2.42. The zero-order valence-corrected chi connectivity index (χ0v) is 27.7. The van der Waals surface area contributed by atoms with Gasteiger partial charge in [-0.05, 0) is 37.5 Å². The second-order valence-electron chi connectivity index (χ2n) is 11.2. The van der Waals surface area contributed by atoms with Crippen molar-refractivity contribution in [1.82, 2.24) is 14.9 Å². The van der Waals surface area contributed by atoms with Gasteiger partial charge in [0, 0.05) is 5.75 Å². The van der Waals surface area contributed by atoms with Gasteiger partial charge in [0.15, 0.2) is 13.2 Å². The molecule has 2 aliphatic rings. The van der Waals surface area contributed by atoms with Crippen molar-refractivity contribution in [3.8, 4) is 0 Å². The molecule has 2 aromatic carbocycles. The van der Waals surface area contributed by atoms with Crippen molar-refractivity contribution >= 4 is 41.8 Å². The maximum atomic E-state index is 14.1. The number of fused-ring (bicyclic) bond motifs is 1. The summed E-state index contributed by atoms with van der Waals surface area (Å²) in [5, 5.41) is 4.78. The molecule has 0 spiro atoms. The Balaban J connectivity index is 0.00000442. The van der Waals surface area contributed by atoms with Crippen LogP contribution in [0.25, 0.3) is 0 Å². The van der Waals surface area contributed by atoms with E-state index < -0.39 is 41.1 Å². The highest BCUT2D eigenvalue weighted by atomic mass is 127.